The molecule has 0 aliphatic heterocycles. The predicted molar refractivity (Wildman–Crippen MR) is 50.0 cm³/mol. The molecule has 0 spiro atoms. The lowest BCUT2D eigenvalue weighted by Gasteiger charge is -2.34. The number of hydrogen-bond donors (Lipinski definition) is 4. The maximum absolute atomic E-state index is 10.4. The Labute approximate surface area is 89.8 Å². The highest BCUT2D eigenvalue weighted by molar-refractivity contribution is 6.49. The van der Waals surface area contributed by atoms with Crippen LogP contribution in [0.2, 0.25) is 0 Å². The molecule has 0 saturated carbocycles. The lowest BCUT2D eigenvalue weighted by molar-refractivity contribution is -0.141. The van der Waals surface area contributed by atoms with Gasteiger partial charge in [0.2, 0.25) is 0 Å². The molecule has 0 saturated heterocycles. The second-order valence-electron chi connectivity index (χ2n) is 2.92. The zero-order valence-electron chi connectivity index (χ0n) is 7.04. The summed E-state index contributed by atoms with van der Waals surface area (Å²) in [4.78, 5) is 20.8. The molecule has 0 atom stereocenters. The summed E-state index contributed by atoms with van der Waals surface area (Å²) in [5.41, 5.74) is 8.71. The SMILES string of the molecule is NC(Cl)(Cl)C(N)(CC(=O)O)CC(=O)O. The number of halogens is 2. The molecule has 0 fully saturated rings. The van der Waals surface area contributed by atoms with Crippen LogP contribution < -0.4 is 11.5 Å². The zero-order valence-corrected chi connectivity index (χ0v) is 8.55. The first kappa shape index (κ1) is 13.4. The molecule has 8 heteroatoms. The summed E-state index contributed by atoms with van der Waals surface area (Å²) < 4.78 is -2.12. The molecule has 0 rings (SSSR count). The molecule has 0 heterocycles. The summed E-state index contributed by atoms with van der Waals surface area (Å²) in [6, 6.07) is 0. The zero-order chi connectivity index (χ0) is 11.6. The van der Waals surface area contributed by atoms with E-state index in [0.717, 1.165) is 0 Å². The van der Waals surface area contributed by atoms with Gasteiger partial charge in [0, 0.05) is 0 Å². The fourth-order valence-electron chi connectivity index (χ4n) is 0.838. The van der Waals surface area contributed by atoms with Gasteiger partial charge in [-0.3, -0.25) is 15.3 Å². The van der Waals surface area contributed by atoms with E-state index in [0.29, 0.717) is 0 Å². The molecular formula is C6H10Cl2N2O4. The topological polar surface area (TPSA) is 127 Å². The molecule has 14 heavy (non-hydrogen) atoms. The number of nitrogens with two attached hydrogens (primary N) is 2. The van der Waals surface area contributed by atoms with E-state index in [1.54, 1.807) is 0 Å². The molecule has 82 valence electrons. The minimum atomic E-state index is -2.12. The van der Waals surface area contributed by atoms with Gasteiger partial charge >= 0.3 is 11.9 Å². The van der Waals surface area contributed by atoms with Gasteiger partial charge in [-0.15, -0.1) is 0 Å². The highest BCUT2D eigenvalue weighted by Crippen LogP contribution is 2.32. The molecule has 0 aliphatic rings. The van der Waals surface area contributed by atoms with Gasteiger partial charge in [0.15, 0.2) is 4.46 Å². The van der Waals surface area contributed by atoms with E-state index < -0.39 is 34.8 Å². The molecule has 0 aromatic rings. The summed E-state index contributed by atoms with van der Waals surface area (Å²) in [6.07, 6.45) is -1.47. The van der Waals surface area contributed by atoms with Crippen LogP contribution in [0.1, 0.15) is 12.8 Å². The summed E-state index contributed by atoms with van der Waals surface area (Å²) in [5, 5.41) is 17.0. The highest BCUT2D eigenvalue weighted by atomic mass is 35.5. The molecular weight excluding hydrogens is 235 g/mol. The molecule has 6 N–H and O–H groups in total. The number of carboxylic acid groups (broad SMARTS) is 2. The molecule has 0 amide bonds. The Hall–Kier alpha value is -0.560. The predicted octanol–water partition coefficient (Wildman–Crippen LogP) is -0.277. The molecule has 0 radical (unpaired) electrons. The van der Waals surface area contributed by atoms with E-state index in [9.17, 15) is 9.59 Å². The van der Waals surface area contributed by atoms with Crippen molar-refractivity contribution in [2.45, 2.75) is 22.8 Å². The minimum Gasteiger partial charge on any atom is -0.481 e. The Kier molecular flexibility index (Phi) is 4.14. The second-order valence-corrected chi connectivity index (χ2v) is 4.31. The number of hydrogen-bond acceptors (Lipinski definition) is 4. The van der Waals surface area contributed by atoms with Gasteiger partial charge in [-0.2, -0.15) is 0 Å². The summed E-state index contributed by atoms with van der Waals surface area (Å²) in [5.74, 6) is -2.66. The van der Waals surface area contributed by atoms with Crippen molar-refractivity contribution >= 4 is 35.1 Å². The number of rotatable bonds is 5. The van der Waals surface area contributed by atoms with Gasteiger partial charge < -0.3 is 15.9 Å². The van der Waals surface area contributed by atoms with E-state index in [2.05, 4.69) is 0 Å². The molecule has 0 aromatic carbocycles. The third-order valence-electron chi connectivity index (χ3n) is 1.60. The summed E-state index contributed by atoms with van der Waals surface area (Å²) in [7, 11) is 0. The standard InChI is InChI=1S/C6H10Cl2N2O4/c7-6(8,10)5(9,1-3(11)12)2-4(13)14/h1-2,9-10H2,(H,11,12)(H,13,14). The molecule has 0 unspecified atom stereocenters. The van der Waals surface area contributed by atoms with Crippen LogP contribution in [-0.2, 0) is 9.59 Å². The van der Waals surface area contributed by atoms with Crippen LogP contribution in [0.15, 0.2) is 0 Å². The average molecular weight is 245 g/mol. The van der Waals surface area contributed by atoms with Crippen LogP contribution in [-0.4, -0.2) is 32.1 Å². The Bertz CT molecular complexity index is 235. The minimum absolute atomic E-state index is 0.733. The van der Waals surface area contributed by atoms with Gasteiger partial charge in [-0.1, -0.05) is 23.2 Å². The highest BCUT2D eigenvalue weighted by Gasteiger charge is 2.46. The van der Waals surface area contributed by atoms with Crippen molar-refractivity contribution < 1.29 is 19.8 Å². The molecule has 0 aromatic heterocycles. The number of aliphatic carboxylic acids is 2. The maximum atomic E-state index is 10.4. The van der Waals surface area contributed by atoms with Gasteiger partial charge in [0.05, 0.1) is 18.4 Å². The van der Waals surface area contributed by atoms with E-state index in [1.807, 2.05) is 0 Å². The Balaban J connectivity index is 4.85. The van der Waals surface area contributed by atoms with Crippen molar-refractivity contribution in [3.8, 4) is 0 Å². The Morgan fingerprint density at radius 3 is 1.50 bits per heavy atom. The molecule has 6 nitrogen and oxygen atoms in total. The third kappa shape index (κ3) is 3.67. The van der Waals surface area contributed by atoms with Crippen LogP contribution in [0.3, 0.4) is 0 Å². The number of alkyl halides is 2. The van der Waals surface area contributed by atoms with Gasteiger partial charge in [0.1, 0.15) is 0 Å². The van der Waals surface area contributed by atoms with Crippen LogP contribution in [0.4, 0.5) is 0 Å². The van der Waals surface area contributed by atoms with Crippen molar-refractivity contribution in [2.75, 3.05) is 0 Å². The first-order valence-corrected chi connectivity index (χ1v) is 4.23. The van der Waals surface area contributed by atoms with E-state index >= 15 is 0 Å². The molecule has 0 bridgehead atoms. The lowest BCUT2D eigenvalue weighted by Crippen LogP contribution is -2.61. The van der Waals surface area contributed by atoms with Crippen molar-refractivity contribution in [1.82, 2.24) is 0 Å². The van der Waals surface area contributed by atoms with Crippen LogP contribution >= 0.6 is 23.2 Å². The summed E-state index contributed by atoms with van der Waals surface area (Å²) >= 11 is 10.8. The lowest BCUT2D eigenvalue weighted by atomic mass is 9.92. The fourth-order valence-corrected chi connectivity index (χ4v) is 1.11. The van der Waals surface area contributed by atoms with Crippen molar-refractivity contribution in [1.29, 1.82) is 0 Å². The van der Waals surface area contributed by atoms with Crippen molar-refractivity contribution in [3.05, 3.63) is 0 Å². The Morgan fingerprint density at radius 2 is 1.36 bits per heavy atom. The van der Waals surface area contributed by atoms with E-state index in [4.69, 9.17) is 44.9 Å². The summed E-state index contributed by atoms with van der Waals surface area (Å²) in [6.45, 7) is 0. The second kappa shape index (κ2) is 4.31. The first-order valence-electron chi connectivity index (χ1n) is 3.47. The average Bonchev–Trinajstić information content (AvgIpc) is 1.78. The Morgan fingerprint density at radius 1 is 1.07 bits per heavy atom. The van der Waals surface area contributed by atoms with E-state index in [-0.39, 0.29) is 0 Å². The normalized spacial score (nSPS) is 12.6. The fraction of sp³-hybridized carbons (Fsp3) is 0.667. The third-order valence-corrected chi connectivity index (χ3v) is 2.35. The first-order chi connectivity index (χ1) is 6.08. The van der Waals surface area contributed by atoms with E-state index in [1.165, 1.54) is 0 Å². The van der Waals surface area contributed by atoms with Gasteiger partial charge in [-0.05, 0) is 0 Å². The monoisotopic (exact) mass is 244 g/mol. The van der Waals surface area contributed by atoms with Gasteiger partial charge in [0.25, 0.3) is 0 Å². The van der Waals surface area contributed by atoms with Crippen LogP contribution in [0.5, 0.6) is 0 Å². The molecule has 0 aliphatic carbocycles. The van der Waals surface area contributed by atoms with Crippen molar-refractivity contribution in [3.63, 3.8) is 0 Å². The van der Waals surface area contributed by atoms with Gasteiger partial charge in [-0.25, -0.2) is 0 Å². The smallest absolute Gasteiger partial charge is 0.305 e. The maximum Gasteiger partial charge on any atom is 0.305 e. The largest absolute Gasteiger partial charge is 0.481 e. The number of carbonyl (C=O) groups is 2. The van der Waals surface area contributed by atoms with Crippen LogP contribution in [0.25, 0.3) is 0 Å². The van der Waals surface area contributed by atoms with Crippen molar-refractivity contribution in [2.24, 2.45) is 11.5 Å². The number of carboxylic acids is 2. The quantitative estimate of drug-likeness (QED) is 0.389. The van der Waals surface area contributed by atoms with Crippen LogP contribution in [0, 0.1) is 0 Å².